The van der Waals surface area contributed by atoms with Gasteiger partial charge in [-0.05, 0) is 31.7 Å². The summed E-state index contributed by atoms with van der Waals surface area (Å²) in [5.74, 6) is 1.45. The van der Waals surface area contributed by atoms with E-state index in [0.717, 1.165) is 51.7 Å². The number of guanidine groups is 1. The number of hydrogen-bond donors (Lipinski definition) is 2. The number of nitrogens with one attached hydrogen (secondary N) is 2. The molecule has 2 aliphatic rings. The van der Waals surface area contributed by atoms with Crippen LogP contribution < -0.4 is 10.6 Å². The zero-order valence-electron chi connectivity index (χ0n) is 18.6. The molecule has 3 atom stereocenters. The molecule has 0 spiro atoms. The molecule has 6 heteroatoms. The molecule has 2 aliphatic heterocycles. The van der Waals surface area contributed by atoms with Gasteiger partial charge in [-0.15, -0.1) is 0 Å². The van der Waals surface area contributed by atoms with Crippen LogP contribution in [0.5, 0.6) is 0 Å². The van der Waals surface area contributed by atoms with Crippen LogP contribution in [0.2, 0.25) is 0 Å². The third kappa shape index (κ3) is 6.91. The predicted molar refractivity (Wildman–Crippen MR) is 114 cm³/mol. The highest BCUT2D eigenvalue weighted by Crippen LogP contribution is 2.33. The Labute approximate surface area is 167 Å². The van der Waals surface area contributed by atoms with E-state index in [1.165, 1.54) is 19.5 Å². The van der Waals surface area contributed by atoms with E-state index in [-0.39, 0.29) is 5.41 Å². The first-order chi connectivity index (χ1) is 12.8. The molecule has 0 aromatic heterocycles. The Hall–Kier alpha value is -0.850. The van der Waals surface area contributed by atoms with Crippen molar-refractivity contribution in [3.63, 3.8) is 0 Å². The van der Waals surface area contributed by atoms with E-state index in [1.54, 1.807) is 0 Å². The van der Waals surface area contributed by atoms with Crippen molar-refractivity contribution in [1.82, 2.24) is 20.4 Å². The fraction of sp³-hybridized carbons (Fsp3) is 0.952. The van der Waals surface area contributed by atoms with Crippen LogP contribution in [0.25, 0.3) is 0 Å². The first-order valence-electron chi connectivity index (χ1n) is 10.9. The molecule has 2 fully saturated rings. The lowest BCUT2D eigenvalue weighted by Crippen LogP contribution is -2.53. The molecule has 0 aromatic carbocycles. The van der Waals surface area contributed by atoms with Crippen molar-refractivity contribution in [3.8, 4) is 0 Å². The molecule has 0 saturated carbocycles. The molecule has 2 N–H and O–H groups in total. The summed E-state index contributed by atoms with van der Waals surface area (Å²) < 4.78 is 6.11. The molecule has 0 amide bonds. The lowest BCUT2D eigenvalue weighted by molar-refractivity contribution is -0.0835. The highest BCUT2D eigenvalue weighted by Gasteiger charge is 2.35. The van der Waals surface area contributed by atoms with Crippen molar-refractivity contribution >= 4 is 5.96 Å². The summed E-state index contributed by atoms with van der Waals surface area (Å²) in [6.45, 7) is 20.0. The molecule has 0 radical (unpaired) electrons. The molecular formula is C21H43N5O. The van der Waals surface area contributed by atoms with E-state index in [0.29, 0.717) is 18.1 Å². The van der Waals surface area contributed by atoms with Gasteiger partial charge in [0.15, 0.2) is 5.96 Å². The summed E-state index contributed by atoms with van der Waals surface area (Å²) in [7, 11) is 1.86. The summed E-state index contributed by atoms with van der Waals surface area (Å²) in [5.41, 5.74) is 0.179. The summed E-state index contributed by atoms with van der Waals surface area (Å²) in [4.78, 5) is 9.53. The van der Waals surface area contributed by atoms with Gasteiger partial charge in [-0.3, -0.25) is 9.89 Å². The quantitative estimate of drug-likeness (QED) is 0.545. The van der Waals surface area contributed by atoms with Gasteiger partial charge in [-0.1, -0.05) is 27.7 Å². The molecule has 2 rings (SSSR count). The van der Waals surface area contributed by atoms with Crippen LogP contribution in [0.4, 0.5) is 0 Å². The lowest BCUT2D eigenvalue weighted by atomic mass is 9.78. The third-order valence-electron chi connectivity index (χ3n) is 6.10. The first-order valence-corrected chi connectivity index (χ1v) is 10.9. The van der Waals surface area contributed by atoms with Crippen molar-refractivity contribution in [2.24, 2.45) is 16.3 Å². The summed E-state index contributed by atoms with van der Waals surface area (Å²) in [5, 5.41) is 7.08. The van der Waals surface area contributed by atoms with Crippen LogP contribution in [-0.2, 0) is 4.74 Å². The van der Waals surface area contributed by atoms with Crippen molar-refractivity contribution < 1.29 is 4.74 Å². The van der Waals surface area contributed by atoms with Gasteiger partial charge in [0.05, 0.1) is 6.10 Å². The summed E-state index contributed by atoms with van der Waals surface area (Å²) in [6.07, 6.45) is 2.70. The maximum Gasteiger partial charge on any atom is 0.191 e. The molecule has 2 heterocycles. The Kier molecular flexibility index (Phi) is 8.83. The van der Waals surface area contributed by atoms with Crippen LogP contribution >= 0.6 is 0 Å². The lowest BCUT2D eigenvalue weighted by Gasteiger charge is -2.40. The number of piperazine rings is 1. The Morgan fingerprint density at radius 1 is 1.19 bits per heavy atom. The third-order valence-corrected chi connectivity index (χ3v) is 6.10. The summed E-state index contributed by atoms with van der Waals surface area (Å²) in [6, 6.07) is 0.517. The standard InChI is InChI=1S/C21H43N5O/c1-7-25-10-12-26(13-11-25)17(2)15-23-20(22-6)24-16-18-9-8-14-27-19(18)21(3,4)5/h17-19H,7-16H2,1-6H3,(H2,22,23,24). The topological polar surface area (TPSA) is 52.1 Å². The molecule has 2 saturated heterocycles. The number of rotatable bonds is 6. The van der Waals surface area contributed by atoms with E-state index in [2.05, 4.69) is 60.0 Å². The minimum atomic E-state index is 0.179. The van der Waals surface area contributed by atoms with Gasteiger partial charge in [0.25, 0.3) is 0 Å². The highest BCUT2D eigenvalue weighted by molar-refractivity contribution is 5.79. The predicted octanol–water partition coefficient (Wildman–Crippen LogP) is 2.02. The van der Waals surface area contributed by atoms with Crippen molar-refractivity contribution in [1.29, 1.82) is 0 Å². The van der Waals surface area contributed by atoms with E-state index in [4.69, 9.17) is 4.74 Å². The zero-order valence-corrected chi connectivity index (χ0v) is 18.6. The van der Waals surface area contributed by atoms with E-state index < -0.39 is 0 Å². The van der Waals surface area contributed by atoms with E-state index in [9.17, 15) is 0 Å². The fourth-order valence-electron chi connectivity index (χ4n) is 4.35. The molecule has 6 nitrogen and oxygen atoms in total. The Morgan fingerprint density at radius 3 is 2.48 bits per heavy atom. The fourth-order valence-corrected chi connectivity index (χ4v) is 4.35. The SMILES string of the molecule is CCN1CCN(C(C)CNC(=NC)NCC2CCCOC2C(C)(C)C)CC1. The van der Waals surface area contributed by atoms with Gasteiger partial charge >= 0.3 is 0 Å². The maximum absolute atomic E-state index is 6.11. The van der Waals surface area contributed by atoms with Gasteiger partial charge in [-0.2, -0.15) is 0 Å². The summed E-state index contributed by atoms with van der Waals surface area (Å²) >= 11 is 0. The number of likely N-dealkylation sites (N-methyl/N-ethyl adjacent to an activating group) is 1. The van der Waals surface area contributed by atoms with Crippen LogP contribution in [0, 0.1) is 11.3 Å². The van der Waals surface area contributed by atoms with Gasteiger partial charge in [0.1, 0.15) is 0 Å². The van der Waals surface area contributed by atoms with Gasteiger partial charge < -0.3 is 20.3 Å². The Bertz CT molecular complexity index is 454. The number of nitrogens with zero attached hydrogens (tertiary/aromatic N) is 3. The normalized spacial score (nSPS) is 27.4. The molecule has 3 unspecified atom stereocenters. The first kappa shape index (κ1) is 22.4. The van der Waals surface area contributed by atoms with Gasteiger partial charge in [0.2, 0.25) is 0 Å². The number of aliphatic imine (C=N–C) groups is 1. The molecule has 0 bridgehead atoms. The molecule has 158 valence electrons. The molecular weight excluding hydrogens is 338 g/mol. The average molecular weight is 382 g/mol. The second kappa shape index (κ2) is 10.6. The zero-order chi connectivity index (χ0) is 19.9. The van der Waals surface area contributed by atoms with E-state index in [1.807, 2.05) is 7.05 Å². The largest absolute Gasteiger partial charge is 0.377 e. The van der Waals surface area contributed by atoms with Crippen molar-refractivity contribution in [3.05, 3.63) is 0 Å². The van der Waals surface area contributed by atoms with Crippen LogP contribution in [0.1, 0.15) is 47.5 Å². The number of hydrogen-bond acceptors (Lipinski definition) is 4. The smallest absolute Gasteiger partial charge is 0.191 e. The van der Waals surface area contributed by atoms with E-state index >= 15 is 0 Å². The maximum atomic E-state index is 6.11. The Balaban J connectivity index is 1.75. The van der Waals surface area contributed by atoms with Crippen LogP contribution in [0.15, 0.2) is 4.99 Å². The van der Waals surface area contributed by atoms with Crippen LogP contribution in [0.3, 0.4) is 0 Å². The van der Waals surface area contributed by atoms with Gasteiger partial charge in [-0.25, -0.2) is 0 Å². The van der Waals surface area contributed by atoms with Crippen molar-refractivity contribution in [2.45, 2.75) is 59.6 Å². The second-order valence-electron chi connectivity index (χ2n) is 9.21. The van der Waals surface area contributed by atoms with Crippen molar-refractivity contribution in [2.75, 3.05) is 59.5 Å². The monoisotopic (exact) mass is 381 g/mol. The molecule has 0 aromatic rings. The highest BCUT2D eigenvalue weighted by atomic mass is 16.5. The number of ether oxygens (including phenoxy) is 1. The minimum absolute atomic E-state index is 0.179. The average Bonchev–Trinajstić information content (AvgIpc) is 2.67. The Morgan fingerprint density at radius 2 is 1.89 bits per heavy atom. The van der Waals surface area contributed by atoms with Crippen LogP contribution in [-0.4, -0.2) is 87.4 Å². The molecule has 0 aliphatic carbocycles. The molecule has 27 heavy (non-hydrogen) atoms. The van der Waals surface area contributed by atoms with Gasteiger partial charge in [0, 0.05) is 64.9 Å². The second-order valence-corrected chi connectivity index (χ2v) is 9.21. The minimum Gasteiger partial charge on any atom is -0.377 e.